The Morgan fingerprint density at radius 2 is 1.91 bits per heavy atom. The van der Waals surface area contributed by atoms with Gasteiger partial charge in [-0.3, -0.25) is 4.79 Å². The molecule has 4 rings (SSSR count). The Balaban J connectivity index is 1.50. The first-order valence-electron chi connectivity index (χ1n) is 13.8. The van der Waals surface area contributed by atoms with Crippen molar-refractivity contribution in [1.29, 1.82) is 0 Å². The molecule has 0 aromatic heterocycles. The van der Waals surface area contributed by atoms with Gasteiger partial charge in [0.25, 0.3) is 0 Å². The van der Waals surface area contributed by atoms with Gasteiger partial charge in [0.15, 0.2) is 0 Å². The van der Waals surface area contributed by atoms with Gasteiger partial charge in [-0.2, -0.15) is 0 Å². The predicted octanol–water partition coefficient (Wildman–Crippen LogP) is 8.29. The van der Waals surface area contributed by atoms with Crippen molar-refractivity contribution in [2.75, 3.05) is 0 Å². The topological polar surface area (TPSA) is 26.3 Å². The van der Waals surface area contributed by atoms with Crippen LogP contribution in [0.3, 0.4) is 0 Å². The Kier molecular flexibility index (Phi) is 7.05. The first-order chi connectivity index (χ1) is 15.6. The van der Waals surface area contributed by atoms with Crippen molar-refractivity contribution >= 4 is 5.97 Å². The highest BCUT2D eigenvalue weighted by Crippen LogP contribution is 2.67. The second kappa shape index (κ2) is 9.38. The minimum Gasteiger partial charge on any atom is -0.462 e. The molecule has 33 heavy (non-hydrogen) atoms. The van der Waals surface area contributed by atoms with Gasteiger partial charge in [0.05, 0.1) is 0 Å². The van der Waals surface area contributed by atoms with Crippen molar-refractivity contribution in [3.63, 3.8) is 0 Å². The van der Waals surface area contributed by atoms with Crippen LogP contribution < -0.4 is 0 Å². The largest absolute Gasteiger partial charge is 0.462 e. The normalized spacial score (nSPS) is 42.0. The number of carbonyl (C=O) groups is 1. The molecule has 9 atom stereocenters. The highest BCUT2D eigenvalue weighted by atomic mass is 16.5. The van der Waals surface area contributed by atoms with Crippen LogP contribution in [-0.4, -0.2) is 12.1 Å². The van der Waals surface area contributed by atoms with Gasteiger partial charge in [-0.25, -0.2) is 0 Å². The molecule has 184 valence electrons. The lowest BCUT2D eigenvalue weighted by atomic mass is 9.47. The van der Waals surface area contributed by atoms with Gasteiger partial charge in [-0.1, -0.05) is 63.6 Å². The molecule has 0 radical (unpaired) electrons. The molecule has 0 saturated heterocycles. The van der Waals surface area contributed by atoms with Crippen molar-refractivity contribution in [2.45, 2.75) is 105 Å². The maximum absolute atomic E-state index is 11.5. The fourth-order valence-electron chi connectivity index (χ4n) is 8.96. The van der Waals surface area contributed by atoms with Crippen LogP contribution in [0, 0.1) is 46.3 Å². The smallest absolute Gasteiger partial charge is 0.302 e. The number of carbonyl (C=O) groups excluding carboxylic acids is 1. The molecule has 0 amide bonds. The fourth-order valence-corrected chi connectivity index (χ4v) is 8.96. The highest BCUT2D eigenvalue weighted by Gasteiger charge is 2.59. The summed E-state index contributed by atoms with van der Waals surface area (Å²) in [6.45, 7) is 17.9. The van der Waals surface area contributed by atoms with E-state index >= 15 is 0 Å². The standard InChI is InChI=1S/C31H48O2/c1-8-23(20(2)3)10-9-21(4)27-13-14-28-26-12-11-24-19-25(33-22(5)32)15-17-30(24,6)29(26)16-18-31(27,28)7/h9-11,21,23,25-29H,2,8,12-19H2,1,3-7H3/b10-9+/t21-,23?,25-,26?,27?,28?,29?,30-,31+/m0/s1. The number of esters is 1. The average Bonchev–Trinajstić information content (AvgIpc) is 3.11. The Bertz CT molecular complexity index is 821. The summed E-state index contributed by atoms with van der Waals surface area (Å²) in [4.78, 5) is 11.5. The Labute approximate surface area is 203 Å². The monoisotopic (exact) mass is 452 g/mol. The van der Waals surface area contributed by atoms with Gasteiger partial charge in [-0.05, 0) is 105 Å². The van der Waals surface area contributed by atoms with E-state index < -0.39 is 0 Å². The van der Waals surface area contributed by atoms with E-state index in [1.165, 1.54) is 44.1 Å². The minimum absolute atomic E-state index is 0.0990. The molecule has 4 aliphatic rings. The number of hydrogen-bond donors (Lipinski definition) is 0. The van der Waals surface area contributed by atoms with Crippen LogP contribution in [0.4, 0.5) is 0 Å². The van der Waals surface area contributed by atoms with E-state index in [0.717, 1.165) is 42.9 Å². The van der Waals surface area contributed by atoms with Crippen LogP contribution in [0.25, 0.3) is 0 Å². The molecule has 0 N–H and O–H groups in total. The van der Waals surface area contributed by atoms with E-state index in [-0.39, 0.29) is 12.1 Å². The number of allylic oxidation sites excluding steroid dienone is 4. The molecule has 0 aromatic carbocycles. The molecular weight excluding hydrogens is 404 g/mol. The third-order valence-corrected chi connectivity index (χ3v) is 10.8. The molecule has 0 spiro atoms. The second-order valence-electron chi connectivity index (χ2n) is 12.6. The zero-order valence-corrected chi connectivity index (χ0v) is 22.2. The predicted molar refractivity (Wildman–Crippen MR) is 138 cm³/mol. The quantitative estimate of drug-likeness (QED) is 0.299. The molecule has 2 heteroatoms. The summed E-state index contributed by atoms with van der Waals surface area (Å²) in [6.07, 6.45) is 18.8. The first-order valence-corrected chi connectivity index (χ1v) is 13.8. The van der Waals surface area contributed by atoms with Crippen molar-refractivity contribution < 1.29 is 9.53 Å². The van der Waals surface area contributed by atoms with Crippen molar-refractivity contribution in [3.05, 3.63) is 36.0 Å². The van der Waals surface area contributed by atoms with Crippen LogP contribution in [0.15, 0.2) is 36.0 Å². The second-order valence-corrected chi connectivity index (χ2v) is 12.6. The van der Waals surface area contributed by atoms with Gasteiger partial charge >= 0.3 is 5.97 Å². The van der Waals surface area contributed by atoms with Crippen LogP contribution in [-0.2, 0) is 9.53 Å². The number of hydrogen-bond acceptors (Lipinski definition) is 2. The Hall–Kier alpha value is -1.31. The first kappa shape index (κ1) is 24.8. The lowest BCUT2D eigenvalue weighted by Gasteiger charge is -2.58. The fraction of sp³-hybridized carbons (Fsp3) is 0.774. The Morgan fingerprint density at radius 3 is 2.58 bits per heavy atom. The molecular formula is C31H48O2. The summed E-state index contributed by atoms with van der Waals surface area (Å²) in [5.41, 5.74) is 3.69. The summed E-state index contributed by atoms with van der Waals surface area (Å²) < 4.78 is 5.62. The molecule has 0 heterocycles. The summed E-state index contributed by atoms with van der Waals surface area (Å²) in [5, 5.41) is 0. The van der Waals surface area contributed by atoms with E-state index in [1.807, 2.05) is 0 Å². The lowest BCUT2D eigenvalue weighted by Crippen LogP contribution is -2.51. The van der Waals surface area contributed by atoms with E-state index in [9.17, 15) is 4.79 Å². The highest BCUT2D eigenvalue weighted by molar-refractivity contribution is 5.66. The zero-order valence-electron chi connectivity index (χ0n) is 22.2. The SMILES string of the molecule is C=C(C)C(/C=C/[C@H](C)C1CCC2C3CC=C4C[C@@H](OC(C)=O)CC[C@]4(C)C3CC[C@@]21C)CC. The van der Waals surface area contributed by atoms with Crippen molar-refractivity contribution in [1.82, 2.24) is 0 Å². The molecule has 3 saturated carbocycles. The number of rotatable bonds is 6. The molecule has 5 unspecified atom stereocenters. The molecule has 3 fully saturated rings. The summed E-state index contributed by atoms with van der Waals surface area (Å²) >= 11 is 0. The maximum Gasteiger partial charge on any atom is 0.302 e. The van der Waals surface area contributed by atoms with Gasteiger partial charge < -0.3 is 4.74 Å². The van der Waals surface area contributed by atoms with Crippen molar-refractivity contribution in [3.8, 4) is 0 Å². The third kappa shape index (κ3) is 4.41. The van der Waals surface area contributed by atoms with Crippen LogP contribution >= 0.6 is 0 Å². The third-order valence-electron chi connectivity index (χ3n) is 10.8. The zero-order chi connectivity index (χ0) is 24.0. The van der Waals surface area contributed by atoms with Crippen LogP contribution in [0.1, 0.15) is 99.3 Å². The summed E-state index contributed by atoms with van der Waals surface area (Å²) in [5.74, 6) is 4.36. The van der Waals surface area contributed by atoms with E-state index in [1.54, 1.807) is 12.5 Å². The van der Waals surface area contributed by atoms with E-state index in [4.69, 9.17) is 4.74 Å². The minimum atomic E-state index is -0.125. The summed E-state index contributed by atoms with van der Waals surface area (Å²) in [6, 6.07) is 0. The molecule has 2 nitrogen and oxygen atoms in total. The van der Waals surface area contributed by atoms with Gasteiger partial charge in [-0.15, -0.1) is 0 Å². The van der Waals surface area contributed by atoms with E-state index in [0.29, 0.717) is 22.7 Å². The molecule has 4 aliphatic carbocycles. The Morgan fingerprint density at radius 1 is 1.15 bits per heavy atom. The van der Waals surface area contributed by atoms with Gasteiger partial charge in [0.2, 0.25) is 0 Å². The van der Waals surface area contributed by atoms with Crippen LogP contribution in [0.5, 0.6) is 0 Å². The molecule has 0 aliphatic heterocycles. The lowest BCUT2D eigenvalue weighted by molar-refractivity contribution is -0.148. The van der Waals surface area contributed by atoms with E-state index in [2.05, 4.69) is 59.4 Å². The van der Waals surface area contributed by atoms with Gasteiger partial charge in [0.1, 0.15) is 6.10 Å². The molecule has 0 bridgehead atoms. The summed E-state index contributed by atoms with van der Waals surface area (Å²) in [7, 11) is 0. The van der Waals surface area contributed by atoms with Crippen LogP contribution in [0.2, 0.25) is 0 Å². The number of ether oxygens (including phenoxy) is 1. The van der Waals surface area contributed by atoms with Crippen molar-refractivity contribution in [2.24, 2.45) is 46.3 Å². The van der Waals surface area contributed by atoms with Gasteiger partial charge in [0, 0.05) is 13.3 Å². The number of fused-ring (bicyclic) bond motifs is 5. The molecule has 0 aromatic rings. The average molecular weight is 453 g/mol. The maximum atomic E-state index is 11.5.